The van der Waals surface area contributed by atoms with Gasteiger partial charge in [0.2, 0.25) is 5.95 Å². The third-order valence-electron chi connectivity index (χ3n) is 5.37. The average molecular weight is 332 g/mol. The molecule has 0 saturated carbocycles. The molecule has 2 fully saturated rings. The molecule has 0 aliphatic carbocycles. The molecule has 3 rings (SSSR count). The molecule has 0 radical (unpaired) electrons. The first kappa shape index (κ1) is 17.6. The number of anilines is 1. The van der Waals surface area contributed by atoms with E-state index in [4.69, 9.17) is 0 Å². The van der Waals surface area contributed by atoms with Crippen molar-refractivity contribution in [3.05, 3.63) is 18.0 Å². The third kappa shape index (κ3) is 4.23. The standard InChI is InChI=1S/C18H32N6/c1-15(2)17-14-22(4)7-10-24(17)13-16-11-19-18(20-12-16)23-8-5-21(3)6-9-23/h11-12,15,17H,5-10,13-14H2,1-4H3. The second-order valence-corrected chi connectivity index (χ2v) is 7.73. The minimum atomic E-state index is 0.612. The highest BCUT2D eigenvalue weighted by Crippen LogP contribution is 2.19. The summed E-state index contributed by atoms with van der Waals surface area (Å²) in [5.41, 5.74) is 1.23. The summed E-state index contributed by atoms with van der Waals surface area (Å²) in [5.74, 6) is 1.55. The van der Waals surface area contributed by atoms with Crippen LogP contribution in [0.4, 0.5) is 5.95 Å². The van der Waals surface area contributed by atoms with E-state index in [-0.39, 0.29) is 0 Å². The predicted octanol–water partition coefficient (Wildman–Crippen LogP) is 1.00. The number of piperazine rings is 2. The highest BCUT2D eigenvalue weighted by molar-refractivity contribution is 5.30. The van der Waals surface area contributed by atoms with E-state index in [2.05, 4.69) is 57.5 Å². The Labute approximate surface area is 146 Å². The molecule has 2 saturated heterocycles. The van der Waals surface area contributed by atoms with Gasteiger partial charge in [-0.3, -0.25) is 4.90 Å². The molecule has 1 unspecified atom stereocenters. The molecule has 6 nitrogen and oxygen atoms in total. The molecule has 0 N–H and O–H groups in total. The minimum Gasteiger partial charge on any atom is -0.338 e. The molecule has 1 aromatic heterocycles. The van der Waals surface area contributed by atoms with E-state index in [0.717, 1.165) is 58.3 Å². The molecule has 3 heterocycles. The fraction of sp³-hybridized carbons (Fsp3) is 0.778. The molecule has 134 valence electrons. The fourth-order valence-corrected chi connectivity index (χ4v) is 3.65. The SMILES string of the molecule is CC(C)C1CN(C)CCN1Cc1cnc(N2CCN(C)CC2)nc1. The number of likely N-dealkylation sites (N-methyl/N-ethyl adjacent to an activating group) is 2. The zero-order valence-electron chi connectivity index (χ0n) is 15.6. The van der Waals surface area contributed by atoms with Gasteiger partial charge in [-0.1, -0.05) is 13.8 Å². The van der Waals surface area contributed by atoms with Gasteiger partial charge in [0.05, 0.1) is 0 Å². The smallest absolute Gasteiger partial charge is 0.225 e. The van der Waals surface area contributed by atoms with Crippen molar-refractivity contribution in [2.75, 3.05) is 64.8 Å². The number of hydrogen-bond acceptors (Lipinski definition) is 6. The van der Waals surface area contributed by atoms with E-state index in [1.54, 1.807) is 0 Å². The van der Waals surface area contributed by atoms with Gasteiger partial charge >= 0.3 is 0 Å². The minimum absolute atomic E-state index is 0.612. The van der Waals surface area contributed by atoms with Crippen molar-refractivity contribution in [2.24, 2.45) is 5.92 Å². The van der Waals surface area contributed by atoms with Crippen LogP contribution in [0.1, 0.15) is 19.4 Å². The summed E-state index contributed by atoms with van der Waals surface area (Å²) in [5, 5.41) is 0. The number of nitrogens with zero attached hydrogens (tertiary/aromatic N) is 6. The first-order chi connectivity index (χ1) is 11.5. The average Bonchev–Trinajstić information content (AvgIpc) is 2.58. The third-order valence-corrected chi connectivity index (χ3v) is 5.37. The second-order valence-electron chi connectivity index (χ2n) is 7.73. The van der Waals surface area contributed by atoms with Crippen LogP contribution in [-0.2, 0) is 6.54 Å². The van der Waals surface area contributed by atoms with Crippen molar-refractivity contribution < 1.29 is 0 Å². The largest absolute Gasteiger partial charge is 0.338 e. The zero-order valence-corrected chi connectivity index (χ0v) is 15.6. The van der Waals surface area contributed by atoms with E-state index >= 15 is 0 Å². The lowest BCUT2D eigenvalue weighted by molar-refractivity contribution is 0.0569. The van der Waals surface area contributed by atoms with Gasteiger partial charge in [-0.15, -0.1) is 0 Å². The number of hydrogen-bond donors (Lipinski definition) is 0. The monoisotopic (exact) mass is 332 g/mol. The van der Waals surface area contributed by atoms with Crippen molar-refractivity contribution in [2.45, 2.75) is 26.4 Å². The van der Waals surface area contributed by atoms with Gasteiger partial charge in [0.15, 0.2) is 0 Å². The van der Waals surface area contributed by atoms with Crippen molar-refractivity contribution in [3.63, 3.8) is 0 Å². The highest BCUT2D eigenvalue weighted by atomic mass is 15.3. The zero-order chi connectivity index (χ0) is 17.1. The van der Waals surface area contributed by atoms with Gasteiger partial charge in [-0.05, 0) is 20.0 Å². The molecular weight excluding hydrogens is 300 g/mol. The highest BCUT2D eigenvalue weighted by Gasteiger charge is 2.27. The van der Waals surface area contributed by atoms with Crippen LogP contribution >= 0.6 is 0 Å². The lowest BCUT2D eigenvalue weighted by Gasteiger charge is -2.42. The van der Waals surface area contributed by atoms with Gasteiger partial charge in [0, 0.05) is 76.4 Å². The van der Waals surface area contributed by atoms with Crippen LogP contribution in [0.15, 0.2) is 12.4 Å². The molecule has 2 aliphatic rings. The van der Waals surface area contributed by atoms with Gasteiger partial charge in [0.1, 0.15) is 0 Å². The van der Waals surface area contributed by atoms with E-state index in [1.807, 2.05) is 12.4 Å². The summed E-state index contributed by atoms with van der Waals surface area (Å²) in [6, 6.07) is 0.612. The maximum Gasteiger partial charge on any atom is 0.225 e. The number of rotatable bonds is 4. The molecule has 0 bridgehead atoms. The Bertz CT molecular complexity index is 509. The lowest BCUT2D eigenvalue weighted by atomic mass is 9.99. The van der Waals surface area contributed by atoms with Gasteiger partial charge in [-0.2, -0.15) is 0 Å². The van der Waals surface area contributed by atoms with Crippen molar-refractivity contribution in [1.29, 1.82) is 0 Å². The Morgan fingerprint density at radius 2 is 1.58 bits per heavy atom. The molecular formula is C18H32N6. The summed E-state index contributed by atoms with van der Waals surface area (Å²) in [6.45, 7) is 13.2. The molecule has 6 heteroatoms. The summed E-state index contributed by atoms with van der Waals surface area (Å²) >= 11 is 0. The van der Waals surface area contributed by atoms with Crippen LogP contribution in [0.25, 0.3) is 0 Å². The molecule has 1 atom stereocenters. The van der Waals surface area contributed by atoms with Crippen molar-refractivity contribution in [3.8, 4) is 0 Å². The molecule has 0 spiro atoms. The summed E-state index contributed by atoms with van der Waals surface area (Å²) in [4.78, 5) is 18.9. The van der Waals surface area contributed by atoms with Crippen LogP contribution in [0.5, 0.6) is 0 Å². The normalized spacial score (nSPS) is 24.7. The summed E-state index contributed by atoms with van der Waals surface area (Å²) in [7, 11) is 4.39. The van der Waals surface area contributed by atoms with Crippen LogP contribution in [-0.4, -0.2) is 90.6 Å². The molecule has 2 aliphatic heterocycles. The Balaban J connectivity index is 1.61. The van der Waals surface area contributed by atoms with Crippen molar-refractivity contribution in [1.82, 2.24) is 24.7 Å². The predicted molar refractivity (Wildman–Crippen MR) is 98.3 cm³/mol. The Morgan fingerprint density at radius 1 is 0.958 bits per heavy atom. The first-order valence-corrected chi connectivity index (χ1v) is 9.20. The topological polar surface area (TPSA) is 38.7 Å². The van der Waals surface area contributed by atoms with Crippen LogP contribution in [0.3, 0.4) is 0 Å². The molecule has 0 aromatic carbocycles. The van der Waals surface area contributed by atoms with Crippen LogP contribution in [0.2, 0.25) is 0 Å². The molecule has 1 aromatic rings. The lowest BCUT2D eigenvalue weighted by Crippen LogP contribution is -2.53. The summed E-state index contributed by atoms with van der Waals surface area (Å²) in [6.07, 6.45) is 4.05. The fourth-order valence-electron chi connectivity index (χ4n) is 3.65. The Kier molecular flexibility index (Phi) is 5.69. The van der Waals surface area contributed by atoms with Crippen molar-refractivity contribution >= 4 is 5.95 Å². The Hall–Kier alpha value is -1.24. The molecule has 0 amide bonds. The van der Waals surface area contributed by atoms with E-state index in [0.29, 0.717) is 12.0 Å². The number of aromatic nitrogens is 2. The maximum absolute atomic E-state index is 4.64. The van der Waals surface area contributed by atoms with E-state index in [9.17, 15) is 0 Å². The van der Waals surface area contributed by atoms with Gasteiger partial charge < -0.3 is 14.7 Å². The first-order valence-electron chi connectivity index (χ1n) is 9.20. The van der Waals surface area contributed by atoms with Crippen LogP contribution in [0, 0.1) is 5.92 Å². The van der Waals surface area contributed by atoms with E-state index < -0.39 is 0 Å². The van der Waals surface area contributed by atoms with Crippen LogP contribution < -0.4 is 4.90 Å². The second kappa shape index (κ2) is 7.76. The van der Waals surface area contributed by atoms with E-state index in [1.165, 1.54) is 5.56 Å². The van der Waals surface area contributed by atoms with Gasteiger partial charge in [-0.25, -0.2) is 9.97 Å². The maximum atomic E-state index is 4.64. The quantitative estimate of drug-likeness (QED) is 0.819. The summed E-state index contributed by atoms with van der Waals surface area (Å²) < 4.78 is 0. The van der Waals surface area contributed by atoms with Gasteiger partial charge in [0.25, 0.3) is 0 Å². The Morgan fingerprint density at radius 3 is 2.21 bits per heavy atom. The molecule has 24 heavy (non-hydrogen) atoms.